The van der Waals surface area contributed by atoms with Crippen molar-refractivity contribution in [3.63, 3.8) is 0 Å². The summed E-state index contributed by atoms with van der Waals surface area (Å²) in [6.45, 7) is 0. The molecule has 7 heteroatoms. The van der Waals surface area contributed by atoms with Crippen molar-refractivity contribution in [1.82, 2.24) is 4.90 Å². The molecule has 2 aromatic rings. The maximum atomic E-state index is 12.8. The molecule has 4 nitrogen and oxygen atoms in total. The van der Waals surface area contributed by atoms with Gasteiger partial charge in [0.2, 0.25) is 5.91 Å². The minimum Gasteiger partial charge on any atom is -0.342 e. The number of hydrogen-bond acceptors (Lipinski definition) is 3. The van der Waals surface area contributed by atoms with Gasteiger partial charge in [0.15, 0.2) is 0 Å². The average Bonchev–Trinajstić information content (AvgIpc) is 2.75. The predicted octanol–water partition coefficient (Wildman–Crippen LogP) is 6.13. The van der Waals surface area contributed by atoms with Gasteiger partial charge in [-0.15, -0.1) is 11.8 Å². The summed E-state index contributed by atoms with van der Waals surface area (Å²) in [5.74, 6) is 0.107. The van der Waals surface area contributed by atoms with Crippen molar-refractivity contribution >= 4 is 52.5 Å². The summed E-state index contributed by atoms with van der Waals surface area (Å²) >= 11 is 13.6. The van der Waals surface area contributed by atoms with Crippen LogP contribution in [0.1, 0.15) is 42.5 Å². The van der Waals surface area contributed by atoms with Crippen LogP contribution in [0.3, 0.4) is 0 Å². The second-order valence-electron chi connectivity index (χ2n) is 7.14. The second kappa shape index (κ2) is 10.4. The Balaban J connectivity index is 1.66. The largest absolute Gasteiger partial charge is 0.342 e. The van der Waals surface area contributed by atoms with Crippen LogP contribution in [-0.4, -0.2) is 35.6 Å². The molecule has 1 aliphatic rings. The zero-order valence-corrected chi connectivity index (χ0v) is 18.6. The van der Waals surface area contributed by atoms with E-state index in [1.807, 2.05) is 24.1 Å². The Morgan fingerprint density at radius 1 is 1.07 bits per heavy atom. The number of rotatable bonds is 6. The number of carbonyl (C=O) groups excluding carboxylic acids is 2. The highest BCUT2D eigenvalue weighted by atomic mass is 35.5. The Kier molecular flexibility index (Phi) is 7.87. The Labute approximate surface area is 185 Å². The molecule has 2 amide bonds. The molecule has 1 aliphatic carbocycles. The van der Waals surface area contributed by atoms with E-state index in [0.29, 0.717) is 33.1 Å². The topological polar surface area (TPSA) is 49.4 Å². The lowest BCUT2D eigenvalue weighted by molar-refractivity contribution is -0.129. The summed E-state index contributed by atoms with van der Waals surface area (Å²) in [7, 11) is 1.89. The third-order valence-corrected chi connectivity index (χ3v) is 7.08. The number of halogens is 2. The molecule has 0 spiro atoms. The van der Waals surface area contributed by atoms with Crippen molar-refractivity contribution in [2.24, 2.45) is 0 Å². The van der Waals surface area contributed by atoms with Gasteiger partial charge >= 0.3 is 0 Å². The monoisotopic (exact) mass is 450 g/mol. The highest BCUT2D eigenvalue weighted by Crippen LogP contribution is 2.31. The molecule has 0 saturated heterocycles. The van der Waals surface area contributed by atoms with Gasteiger partial charge < -0.3 is 10.2 Å². The summed E-state index contributed by atoms with van der Waals surface area (Å²) < 4.78 is 0. The van der Waals surface area contributed by atoms with E-state index in [0.717, 1.165) is 17.7 Å². The van der Waals surface area contributed by atoms with Gasteiger partial charge in [0.05, 0.1) is 27.0 Å². The zero-order valence-electron chi connectivity index (χ0n) is 16.3. The molecule has 0 heterocycles. The van der Waals surface area contributed by atoms with Crippen LogP contribution in [0.25, 0.3) is 0 Å². The van der Waals surface area contributed by atoms with E-state index in [1.165, 1.54) is 31.0 Å². The van der Waals surface area contributed by atoms with Crippen LogP contribution >= 0.6 is 35.0 Å². The molecule has 1 N–H and O–H groups in total. The van der Waals surface area contributed by atoms with Crippen LogP contribution in [-0.2, 0) is 4.79 Å². The fourth-order valence-electron chi connectivity index (χ4n) is 3.48. The number of hydrogen-bond donors (Lipinski definition) is 1. The van der Waals surface area contributed by atoms with Gasteiger partial charge in [-0.2, -0.15) is 0 Å². The van der Waals surface area contributed by atoms with E-state index in [2.05, 4.69) is 5.32 Å². The van der Waals surface area contributed by atoms with Crippen molar-refractivity contribution < 1.29 is 9.59 Å². The van der Waals surface area contributed by atoms with E-state index >= 15 is 0 Å². The maximum Gasteiger partial charge on any atom is 0.256 e. The fraction of sp³-hybridized carbons (Fsp3) is 0.364. The minimum absolute atomic E-state index is 0.0926. The van der Waals surface area contributed by atoms with Gasteiger partial charge in [-0.05, 0) is 37.1 Å². The molecule has 0 aliphatic heterocycles. The Morgan fingerprint density at radius 2 is 1.79 bits per heavy atom. The number of benzene rings is 2. The lowest BCUT2D eigenvalue weighted by atomic mass is 9.94. The second-order valence-corrected chi connectivity index (χ2v) is 8.94. The number of anilines is 1. The normalized spacial score (nSPS) is 14.4. The minimum atomic E-state index is -0.287. The van der Waals surface area contributed by atoms with Gasteiger partial charge in [-0.25, -0.2) is 0 Å². The van der Waals surface area contributed by atoms with Crippen LogP contribution in [0.2, 0.25) is 10.0 Å². The smallest absolute Gasteiger partial charge is 0.256 e. The van der Waals surface area contributed by atoms with Crippen LogP contribution in [0, 0.1) is 0 Å². The third kappa shape index (κ3) is 5.68. The molecule has 0 unspecified atom stereocenters. The Bertz CT molecular complexity index is 885. The number of nitrogens with one attached hydrogen (secondary N) is 1. The van der Waals surface area contributed by atoms with Crippen molar-refractivity contribution in [2.45, 2.75) is 43.0 Å². The van der Waals surface area contributed by atoms with E-state index in [-0.39, 0.29) is 11.8 Å². The standard InChI is InChI=1S/C22H24Cl2N2O2S/c1-26(15-8-3-2-4-9-15)20(27)14-29-19-13-6-5-10-16(19)22(28)25-18-12-7-11-17(23)21(18)24/h5-7,10-13,15H,2-4,8-9,14H2,1H3,(H,25,28). The summed E-state index contributed by atoms with van der Waals surface area (Å²) in [5, 5.41) is 3.49. The molecule has 1 fully saturated rings. The summed E-state index contributed by atoms with van der Waals surface area (Å²) in [4.78, 5) is 28.1. The first-order chi connectivity index (χ1) is 14.0. The lowest BCUT2D eigenvalue weighted by Crippen LogP contribution is -2.39. The van der Waals surface area contributed by atoms with Gasteiger partial charge in [0.25, 0.3) is 5.91 Å². The average molecular weight is 451 g/mol. The van der Waals surface area contributed by atoms with Gasteiger partial charge in [0.1, 0.15) is 0 Å². The Morgan fingerprint density at radius 3 is 2.55 bits per heavy atom. The van der Waals surface area contributed by atoms with Gasteiger partial charge in [-0.3, -0.25) is 9.59 Å². The van der Waals surface area contributed by atoms with E-state index in [9.17, 15) is 9.59 Å². The molecule has 3 rings (SSSR count). The van der Waals surface area contributed by atoms with E-state index in [4.69, 9.17) is 23.2 Å². The number of amides is 2. The summed E-state index contributed by atoms with van der Waals surface area (Å²) in [6, 6.07) is 12.7. The van der Waals surface area contributed by atoms with Gasteiger partial charge in [0, 0.05) is 18.0 Å². The quantitative estimate of drug-likeness (QED) is 0.538. The first-order valence-electron chi connectivity index (χ1n) is 9.70. The van der Waals surface area contributed by atoms with Crippen molar-refractivity contribution in [3.05, 3.63) is 58.1 Å². The molecule has 0 atom stereocenters. The molecule has 0 bridgehead atoms. The van der Waals surface area contributed by atoms with Crippen molar-refractivity contribution in [3.8, 4) is 0 Å². The molecule has 1 saturated carbocycles. The lowest BCUT2D eigenvalue weighted by Gasteiger charge is -2.31. The van der Waals surface area contributed by atoms with Crippen LogP contribution in [0.4, 0.5) is 5.69 Å². The first kappa shape index (κ1) is 22.0. The zero-order chi connectivity index (χ0) is 20.8. The molecular weight excluding hydrogens is 427 g/mol. The molecule has 0 aromatic heterocycles. The maximum absolute atomic E-state index is 12.8. The number of thioether (sulfide) groups is 1. The molecular formula is C22H24Cl2N2O2S. The summed E-state index contributed by atoms with van der Waals surface area (Å²) in [5.41, 5.74) is 0.957. The fourth-order valence-corrected chi connectivity index (χ4v) is 4.80. The van der Waals surface area contributed by atoms with Crippen LogP contribution in [0.5, 0.6) is 0 Å². The van der Waals surface area contributed by atoms with Crippen LogP contribution < -0.4 is 5.32 Å². The predicted molar refractivity (Wildman–Crippen MR) is 121 cm³/mol. The molecule has 154 valence electrons. The highest BCUT2D eigenvalue weighted by Gasteiger charge is 2.22. The first-order valence-corrected chi connectivity index (χ1v) is 11.4. The van der Waals surface area contributed by atoms with E-state index in [1.54, 1.807) is 30.3 Å². The number of nitrogens with zero attached hydrogens (tertiary/aromatic N) is 1. The van der Waals surface area contributed by atoms with E-state index < -0.39 is 0 Å². The Hall–Kier alpha value is -1.69. The molecule has 0 radical (unpaired) electrons. The van der Waals surface area contributed by atoms with Crippen molar-refractivity contribution in [2.75, 3.05) is 18.1 Å². The van der Waals surface area contributed by atoms with Crippen LogP contribution in [0.15, 0.2) is 47.4 Å². The molecule has 29 heavy (non-hydrogen) atoms. The third-order valence-electron chi connectivity index (χ3n) is 5.20. The highest BCUT2D eigenvalue weighted by molar-refractivity contribution is 8.00. The molecule has 2 aromatic carbocycles. The number of carbonyl (C=O) groups is 2. The SMILES string of the molecule is CN(C(=O)CSc1ccccc1C(=O)Nc1cccc(Cl)c1Cl)C1CCCCC1. The van der Waals surface area contributed by atoms with Crippen molar-refractivity contribution in [1.29, 1.82) is 0 Å². The summed E-state index contributed by atoms with van der Waals surface area (Å²) in [6.07, 6.45) is 5.78. The van der Waals surface area contributed by atoms with Gasteiger partial charge in [-0.1, -0.05) is 60.7 Å².